The molecule has 2 amide bonds. The molecule has 2 fully saturated rings. The molecule has 0 aromatic carbocycles. The van der Waals surface area contributed by atoms with Gasteiger partial charge in [-0.3, -0.25) is 0 Å². The number of amides is 2. The molecular weight excluding hydrogens is 292 g/mol. The van der Waals surface area contributed by atoms with E-state index in [-0.39, 0.29) is 6.03 Å². The number of carbonyl (C=O) groups is 1. The summed E-state index contributed by atoms with van der Waals surface area (Å²) in [5.41, 5.74) is 0. The fourth-order valence-electron chi connectivity index (χ4n) is 4.14. The lowest BCUT2D eigenvalue weighted by Gasteiger charge is -2.37. The van der Waals surface area contributed by atoms with Gasteiger partial charge in [0, 0.05) is 63.9 Å². The van der Waals surface area contributed by atoms with E-state index in [2.05, 4.69) is 21.8 Å². The van der Waals surface area contributed by atoms with Crippen LogP contribution in [0.5, 0.6) is 0 Å². The van der Waals surface area contributed by atoms with Crippen molar-refractivity contribution in [1.29, 1.82) is 0 Å². The second-order valence-corrected chi connectivity index (χ2v) is 6.68. The minimum Gasteiger partial charge on any atom is -0.381 e. The number of piperidine rings is 1. The monoisotopic (exact) mass is 320 g/mol. The molecule has 2 heterocycles. The van der Waals surface area contributed by atoms with Crippen molar-refractivity contribution in [2.24, 2.45) is 11.8 Å². The van der Waals surface area contributed by atoms with Gasteiger partial charge in [0.05, 0.1) is 6.10 Å². The van der Waals surface area contributed by atoms with Crippen molar-refractivity contribution in [3.8, 4) is 0 Å². The average molecular weight is 320 g/mol. The molecule has 0 radical (unpaired) electrons. The molecule has 128 valence electrons. The van der Waals surface area contributed by atoms with E-state index in [1.165, 1.54) is 12.8 Å². The highest BCUT2D eigenvalue weighted by Crippen LogP contribution is 2.38. The van der Waals surface area contributed by atoms with Crippen LogP contribution >= 0.6 is 0 Å². The van der Waals surface area contributed by atoms with Crippen molar-refractivity contribution in [3.63, 3.8) is 0 Å². The molecule has 3 atom stereocenters. The summed E-state index contributed by atoms with van der Waals surface area (Å²) in [6.45, 7) is 5.39. The van der Waals surface area contributed by atoms with Gasteiger partial charge in [-0.15, -0.1) is 0 Å². The summed E-state index contributed by atoms with van der Waals surface area (Å²) in [5, 5.41) is 3.07. The Morgan fingerprint density at radius 1 is 1.39 bits per heavy atom. The Labute approximate surface area is 138 Å². The minimum absolute atomic E-state index is 0.0813. The lowest BCUT2D eigenvalue weighted by molar-refractivity contribution is -0.00504. The summed E-state index contributed by atoms with van der Waals surface area (Å²) in [5.74, 6) is 2.14. The van der Waals surface area contributed by atoms with Gasteiger partial charge in [0.25, 0.3) is 0 Å². The Bertz CT molecular complexity index is 516. The molecule has 6 heteroatoms. The number of imidazole rings is 1. The van der Waals surface area contributed by atoms with Gasteiger partial charge in [0.1, 0.15) is 5.82 Å². The molecule has 1 aromatic rings. The molecule has 1 aliphatic heterocycles. The maximum Gasteiger partial charge on any atom is 0.317 e. The third-order valence-corrected chi connectivity index (χ3v) is 5.28. The van der Waals surface area contributed by atoms with Crippen molar-refractivity contribution in [2.45, 2.75) is 45.3 Å². The van der Waals surface area contributed by atoms with E-state index >= 15 is 0 Å². The van der Waals surface area contributed by atoms with Crippen LogP contribution in [0.2, 0.25) is 0 Å². The van der Waals surface area contributed by atoms with Gasteiger partial charge in [0.15, 0.2) is 0 Å². The molecule has 1 saturated heterocycles. The number of aromatic nitrogens is 2. The predicted octanol–water partition coefficient (Wildman–Crippen LogP) is 1.90. The molecule has 2 aliphatic rings. The highest BCUT2D eigenvalue weighted by atomic mass is 16.5. The first-order valence-corrected chi connectivity index (χ1v) is 8.78. The summed E-state index contributed by atoms with van der Waals surface area (Å²) in [6.07, 6.45) is 8.45. The van der Waals surface area contributed by atoms with Crippen molar-refractivity contribution >= 4 is 6.03 Å². The van der Waals surface area contributed by atoms with E-state index in [4.69, 9.17) is 4.74 Å². The fourth-order valence-corrected chi connectivity index (χ4v) is 4.14. The number of nitrogens with one attached hydrogen (secondary N) is 1. The molecule has 6 nitrogen and oxygen atoms in total. The molecular formula is C17H28N4O2. The van der Waals surface area contributed by atoms with Gasteiger partial charge in [-0.05, 0) is 19.3 Å². The molecule has 23 heavy (non-hydrogen) atoms. The largest absolute Gasteiger partial charge is 0.381 e. The molecule has 1 saturated carbocycles. The number of rotatable bonds is 6. The predicted molar refractivity (Wildman–Crippen MR) is 88.2 cm³/mol. The Balaban J connectivity index is 1.40. The van der Waals surface area contributed by atoms with E-state index in [1.54, 1.807) is 7.11 Å². The zero-order chi connectivity index (χ0) is 16.2. The Morgan fingerprint density at radius 2 is 2.13 bits per heavy atom. The number of methoxy groups -OCH3 is 1. The number of hydrogen-bond donors (Lipinski definition) is 1. The molecule has 2 bridgehead atoms. The van der Waals surface area contributed by atoms with Gasteiger partial charge in [-0.2, -0.15) is 0 Å². The first kappa shape index (κ1) is 16.3. The normalized spacial score (nSPS) is 26.5. The van der Waals surface area contributed by atoms with E-state index in [0.29, 0.717) is 24.5 Å². The first-order valence-electron chi connectivity index (χ1n) is 8.78. The van der Waals surface area contributed by atoms with Crippen LogP contribution in [-0.4, -0.2) is 53.3 Å². The smallest absolute Gasteiger partial charge is 0.317 e. The summed E-state index contributed by atoms with van der Waals surface area (Å²) in [6, 6.07) is 0.0813. The van der Waals surface area contributed by atoms with E-state index in [0.717, 1.165) is 38.3 Å². The van der Waals surface area contributed by atoms with E-state index in [9.17, 15) is 4.79 Å². The topological polar surface area (TPSA) is 59.4 Å². The van der Waals surface area contributed by atoms with Crippen molar-refractivity contribution in [2.75, 3.05) is 26.7 Å². The maximum absolute atomic E-state index is 12.4. The highest BCUT2D eigenvalue weighted by molar-refractivity contribution is 5.74. The number of hydrogen-bond acceptors (Lipinski definition) is 3. The number of nitrogens with zero attached hydrogens (tertiary/aromatic N) is 3. The Kier molecular flexibility index (Phi) is 5.20. The molecule has 1 aliphatic carbocycles. The third kappa shape index (κ3) is 3.52. The number of urea groups is 1. The minimum atomic E-state index is 0.0813. The van der Waals surface area contributed by atoms with E-state index < -0.39 is 0 Å². The van der Waals surface area contributed by atoms with Crippen LogP contribution in [0.1, 0.15) is 32.0 Å². The quantitative estimate of drug-likeness (QED) is 0.815. The van der Waals surface area contributed by atoms with Crippen LogP contribution in [0.15, 0.2) is 12.4 Å². The Morgan fingerprint density at radius 3 is 2.78 bits per heavy atom. The average Bonchev–Trinajstić information content (AvgIpc) is 3.12. The number of aryl methyl sites for hydroxylation is 2. The van der Waals surface area contributed by atoms with Crippen LogP contribution in [0.25, 0.3) is 0 Å². The van der Waals surface area contributed by atoms with Gasteiger partial charge >= 0.3 is 6.03 Å². The molecule has 1 N–H and O–H groups in total. The van der Waals surface area contributed by atoms with Crippen LogP contribution < -0.4 is 5.32 Å². The van der Waals surface area contributed by atoms with Crippen LogP contribution in [0.4, 0.5) is 4.79 Å². The van der Waals surface area contributed by atoms with Crippen molar-refractivity contribution < 1.29 is 9.53 Å². The number of ether oxygens (including phenoxy) is 1. The Hall–Kier alpha value is -1.56. The molecule has 1 aromatic heterocycles. The van der Waals surface area contributed by atoms with Crippen LogP contribution in [0.3, 0.4) is 0 Å². The van der Waals surface area contributed by atoms with Crippen LogP contribution in [-0.2, 0) is 17.7 Å². The second kappa shape index (κ2) is 7.34. The molecule has 3 rings (SSSR count). The van der Waals surface area contributed by atoms with Crippen molar-refractivity contribution in [3.05, 3.63) is 18.2 Å². The molecule has 1 unspecified atom stereocenters. The number of likely N-dealkylation sites (tertiary alicyclic amines) is 1. The lowest BCUT2D eigenvalue weighted by Crippen LogP contribution is -2.51. The number of carbonyl (C=O) groups excluding carboxylic acids is 1. The van der Waals surface area contributed by atoms with E-state index in [1.807, 2.05) is 17.3 Å². The summed E-state index contributed by atoms with van der Waals surface area (Å²) < 4.78 is 7.76. The second-order valence-electron chi connectivity index (χ2n) is 6.68. The van der Waals surface area contributed by atoms with Gasteiger partial charge in [-0.25, -0.2) is 9.78 Å². The third-order valence-electron chi connectivity index (χ3n) is 5.28. The standard InChI is InChI=1S/C17H28N4O2/c1-3-15-18-8-10-20(15)9-4-7-19-17(22)21-11-13-5-6-14(12-21)16(13)23-2/h8,10,13-14,16H,3-7,9,11-12H2,1-2H3,(H,19,22)/t13-,14+,16?. The fraction of sp³-hybridized carbons (Fsp3) is 0.765. The summed E-state index contributed by atoms with van der Waals surface area (Å²) in [7, 11) is 1.80. The SMILES string of the molecule is CCc1nccn1CCCNC(=O)N1C[C@H]2CC[C@@H](C1)C2OC. The van der Waals surface area contributed by atoms with Gasteiger partial charge < -0.3 is 19.5 Å². The summed E-state index contributed by atoms with van der Waals surface area (Å²) in [4.78, 5) is 18.6. The number of fused-ring (bicyclic) bond motifs is 2. The van der Waals surface area contributed by atoms with Gasteiger partial charge in [0.2, 0.25) is 0 Å². The maximum atomic E-state index is 12.4. The first-order chi connectivity index (χ1) is 11.2. The highest BCUT2D eigenvalue weighted by Gasteiger charge is 2.43. The summed E-state index contributed by atoms with van der Waals surface area (Å²) >= 11 is 0. The molecule has 0 spiro atoms. The zero-order valence-electron chi connectivity index (χ0n) is 14.2. The van der Waals surface area contributed by atoms with Crippen LogP contribution in [0, 0.1) is 11.8 Å². The van der Waals surface area contributed by atoms with Crippen molar-refractivity contribution in [1.82, 2.24) is 19.8 Å². The van der Waals surface area contributed by atoms with Gasteiger partial charge in [-0.1, -0.05) is 6.92 Å². The lowest BCUT2D eigenvalue weighted by atomic mass is 9.95. The zero-order valence-corrected chi connectivity index (χ0v) is 14.2.